The Bertz CT molecular complexity index is 2610. The number of Topliss-reactive ketones (excluding diaryl/α,β-unsaturated/α-hetero) is 1. The second-order valence-corrected chi connectivity index (χ2v) is 24.6. The number of aryl methyl sites for hydroxylation is 2. The van der Waals surface area contributed by atoms with Gasteiger partial charge in [0.1, 0.15) is 42.0 Å². The number of fused-ring (bicyclic) bond motifs is 1. The highest BCUT2D eigenvalue weighted by molar-refractivity contribution is 7.61. The van der Waals surface area contributed by atoms with Gasteiger partial charge in [-0.05, 0) is 86.2 Å². The van der Waals surface area contributed by atoms with Crippen molar-refractivity contribution >= 4 is 64.0 Å². The van der Waals surface area contributed by atoms with E-state index in [1.54, 1.807) is 0 Å². The third-order valence-electron chi connectivity index (χ3n) is 13.7. The smallest absolute Gasteiger partial charge is 0.481 e. The monoisotopic (exact) mass is 1100 g/mol. The molecule has 1 saturated heterocycles. The van der Waals surface area contributed by atoms with Crippen LogP contribution in [0.15, 0.2) is 36.9 Å². The number of carbonyl (C=O) groups is 4. The molecule has 0 radical (unpaired) electrons. The lowest BCUT2D eigenvalue weighted by molar-refractivity contribution is -0.139. The highest BCUT2D eigenvalue weighted by atomic mass is 31.3. The zero-order valence-corrected chi connectivity index (χ0v) is 43.9. The van der Waals surface area contributed by atoms with Gasteiger partial charge in [0, 0.05) is 37.8 Å². The molecule has 29 heteroatoms. The van der Waals surface area contributed by atoms with Gasteiger partial charge in [-0.1, -0.05) is 51.0 Å². The van der Waals surface area contributed by atoms with Gasteiger partial charge < -0.3 is 56.0 Å². The van der Waals surface area contributed by atoms with Gasteiger partial charge in [-0.15, -0.1) is 0 Å². The Morgan fingerprint density at radius 2 is 1.49 bits per heavy atom. The number of carbonyl (C=O) groups excluding carboxylic acids is 3. The molecule has 0 spiro atoms. The Hall–Kier alpha value is -4.10. The molecule has 2 aliphatic carbocycles. The molecule has 2 aromatic heterocycles. The molecule has 2 amide bonds. The number of unbranched alkanes of at least 4 members (excludes halogenated alkanes) is 2. The van der Waals surface area contributed by atoms with Crippen LogP contribution in [0.1, 0.15) is 121 Å². The van der Waals surface area contributed by atoms with Crippen LogP contribution in [0.4, 0.5) is 5.82 Å². The van der Waals surface area contributed by atoms with Gasteiger partial charge in [-0.3, -0.25) is 37.3 Å². The number of phosphoric acid groups is 3. The van der Waals surface area contributed by atoms with Crippen LogP contribution < -0.4 is 16.4 Å². The minimum absolute atomic E-state index is 0.0113. The highest BCUT2D eigenvalue weighted by Gasteiger charge is 2.51. The first kappa shape index (κ1) is 59.1. The second kappa shape index (κ2) is 24.9. The molecular formula is C45H68N7O19P3. The first-order valence-electron chi connectivity index (χ1n) is 24.4. The van der Waals surface area contributed by atoms with Gasteiger partial charge in [0.05, 0.1) is 26.0 Å². The number of nitrogens with two attached hydrogens (primary N) is 1. The van der Waals surface area contributed by atoms with Gasteiger partial charge in [-0.2, -0.15) is 4.31 Å². The number of nitrogens with zero attached hydrogens (tertiary/aromatic N) is 4. The van der Waals surface area contributed by atoms with Crippen LogP contribution in [-0.4, -0.2) is 129 Å². The predicted octanol–water partition coefficient (Wildman–Crippen LogP) is 3.92. The number of phosphoric ester groups is 3. The Morgan fingerprint density at radius 3 is 2.09 bits per heavy atom. The van der Waals surface area contributed by atoms with E-state index in [9.17, 15) is 62.7 Å². The summed E-state index contributed by atoms with van der Waals surface area (Å²) in [4.78, 5) is 101. The maximum absolute atomic E-state index is 12.9. The zero-order chi connectivity index (χ0) is 54.1. The second-order valence-electron chi connectivity index (χ2n) is 20.3. The summed E-state index contributed by atoms with van der Waals surface area (Å²) in [6, 6.07) is 8.65. The number of carboxylic acid groups (broad SMARTS) is 1. The number of aliphatic carboxylic acids is 1. The van der Waals surface area contributed by atoms with Gasteiger partial charge in [0.2, 0.25) is 11.8 Å². The van der Waals surface area contributed by atoms with Crippen molar-refractivity contribution in [3.05, 3.63) is 48.0 Å². The van der Waals surface area contributed by atoms with Crippen molar-refractivity contribution in [2.24, 2.45) is 16.2 Å². The fraction of sp³-hybridized carbons (Fsp3) is 0.667. The predicted molar refractivity (Wildman–Crippen MR) is 261 cm³/mol. The standard InChI is InChI=1S/C45H68N7O19P3/c1-43(2,26-68-74(65,66)71-73(63,64)67-25-32-37(70-72(60,61)62)36(57)42(69-32)52-28-51-35-39(46)49-27-50-40(35)52)38(58)41(59)48-21-13-33(54)47-20-12-31(53)23-44(16-17-44)14-5-3-8-29-10-7-11-30(22-29)9-4-6-15-45(18-19-45)24-34(55)56/h7,10-11,22,27-28,32,36-38,42,57-58H,3-6,8-9,12-21,23-26H2,1-2H3,(H,47,54)(H,48,59)(H,55,56)(H,63,64)(H,65,66)(H2,46,49,50)(H2,60,61,62). The normalized spacial score (nSPS) is 22.1. The lowest BCUT2D eigenvalue weighted by Gasteiger charge is -2.30. The van der Waals surface area contributed by atoms with Crippen molar-refractivity contribution in [2.45, 2.75) is 147 Å². The summed E-state index contributed by atoms with van der Waals surface area (Å²) in [6.07, 6.45) is 5.88. The van der Waals surface area contributed by atoms with E-state index in [0.717, 1.165) is 94.3 Å². The van der Waals surface area contributed by atoms with Gasteiger partial charge in [-0.25, -0.2) is 28.6 Å². The number of rotatable bonds is 33. The molecule has 1 aliphatic heterocycles. The lowest BCUT2D eigenvalue weighted by atomic mass is 9.87. The number of benzene rings is 1. The minimum Gasteiger partial charge on any atom is -0.481 e. The summed E-state index contributed by atoms with van der Waals surface area (Å²) < 4.78 is 62.6. The molecule has 412 valence electrons. The molecule has 3 fully saturated rings. The number of nitrogen functional groups attached to an aromatic ring is 1. The van der Waals surface area contributed by atoms with E-state index in [0.29, 0.717) is 6.42 Å². The number of nitrogens with one attached hydrogen (secondary N) is 2. The quantitative estimate of drug-likeness (QED) is 0.0305. The lowest BCUT2D eigenvalue weighted by Crippen LogP contribution is -2.46. The Kier molecular flexibility index (Phi) is 19.9. The number of carboxylic acids is 1. The molecule has 3 aromatic rings. The van der Waals surface area contributed by atoms with E-state index in [1.807, 2.05) is 0 Å². The van der Waals surface area contributed by atoms with Crippen molar-refractivity contribution in [1.82, 2.24) is 30.2 Å². The molecule has 11 N–H and O–H groups in total. The first-order valence-corrected chi connectivity index (χ1v) is 28.9. The van der Waals surface area contributed by atoms with E-state index in [2.05, 4.69) is 58.7 Å². The summed E-state index contributed by atoms with van der Waals surface area (Å²) in [7, 11) is -16.5. The number of amides is 2. The third-order valence-corrected chi connectivity index (χ3v) is 16.8. The average molecular weight is 1100 g/mol. The van der Waals surface area contributed by atoms with Crippen LogP contribution in [0.3, 0.4) is 0 Å². The molecular weight excluding hydrogens is 1040 g/mol. The number of hydrogen-bond donors (Lipinski definition) is 10. The number of aliphatic hydroxyl groups excluding tert-OH is 2. The van der Waals surface area contributed by atoms with Gasteiger partial charge >= 0.3 is 29.4 Å². The van der Waals surface area contributed by atoms with Crippen molar-refractivity contribution in [1.29, 1.82) is 0 Å². The van der Waals surface area contributed by atoms with Crippen molar-refractivity contribution < 1.29 is 90.4 Å². The number of anilines is 1. The average Bonchev–Trinajstić information content (AvgIpc) is 4.19. The van der Waals surface area contributed by atoms with E-state index in [1.165, 1.54) is 25.0 Å². The summed E-state index contributed by atoms with van der Waals surface area (Å²) >= 11 is 0. The van der Waals surface area contributed by atoms with Gasteiger partial charge in [0.25, 0.3) is 0 Å². The van der Waals surface area contributed by atoms with Crippen LogP contribution in [-0.2, 0) is 68.3 Å². The topological polar surface area (TPSA) is 401 Å². The Balaban J connectivity index is 0.837. The van der Waals surface area contributed by atoms with Crippen LogP contribution in [0.2, 0.25) is 0 Å². The SMILES string of the molecule is CC(C)(COP(=O)(O)OP(=O)(O)OCC1OC(n2cnc3c(N)ncnc32)C(O)C1OP(=O)(O)O)C(O)C(=O)NCCC(=O)NCCC(=O)CC1(CCCCc2cccc(CCCCC3(CC(=O)O)CC3)c2)CC1. The molecule has 74 heavy (non-hydrogen) atoms. The van der Waals surface area contributed by atoms with Crippen molar-refractivity contribution in [3.63, 3.8) is 0 Å². The molecule has 1 aromatic carbocycles. The van der Waals surface area contributed by atoms with Crippen LogP contribution in [0.5, 0.6) is 0 Å². The zero-order valence-electron chi connectivity index (χ0n) is 41.2. The Morgan fingerprint density at radius 1 is 0.878 bits per heavy atom. The molecule has 6 rings (SSSR count). The van der Waals surface area contributed by atoms with Gasteiger partial charge in [0.15, 0.2) is 17.7 Å². The highest BCUT2D eigenvalue weighted by Crippen LogP contribution is 2.61. The number of aromatic nitrogens is 4. The molecule has 7 atom stereocenters. The van der Waals surface area contributed by atoms with E-state index in [4.69, 9.17) is 24.6 Å². The van der Waals surface area contributed by atoms with Crippen LogP contribution in [0, 0.1) is 16.2 Å². The van der Waals surface area contributed by atoms with Crippen molar-refractivity contribution in [3.8, 4) is 0 Å². The number of aliphatic hydroxyl groups is 2. The molecule has 26 nitrogen and oxygen atoms in total. The largest absolute Gasteiger partial charge is 0.481 e. The molecule has 7 unspecified atom stereocenters. The Labute approximate surface area is 427 Å². The van der Waals surface area contributed by atoms with Crippen LogP contribution in [0.25, 0.3) is 11.2 Å². The maximum Gasteiger partial charge on any atom is 0.481 e. The summed E-state index contributed by atoms with van der Waals surface area (Å²) in [5.74, 6) is -2.13. The van der Waals surface area contributed by atoms with Crippen LogP contribution >= 0.6 is 23.5 Å². The molecule has 2 saturated carbocycles. The first-order chi connectivity index (χ1) is 34.7. The van der Waals surface area contributed by atoms with E-state index in [-0.39, 0.29) is 65.9 Å². The van der Waals surface area contributed by atoms with Crippen molar-refractivity contribution in [2.75, 3.05) is 32.0 Å². The molecule has 0 bridgehead atoms. The number of ketones is 1. The number of hydrogen-bond acceptors (Lipinski definition) is 18. The fourth-order valence-electron chi connectivity index (χ4n) is 9.09. The minimum atomic E-state index is -5.60. The summed E-state index contributed by atoms with van der Waals surface area (Å²) in [5, 5.41) is 35.9. The maximum atomic E-state index is 12.9. The number of imidazole rings is 1. The molecule has 3 aliphatic rings. The summed E-state index contributed by atoms with van der Waals surface area (Å²) in [6.45, 7) is 0.380. The third kappa shape index (κ3) is 17.7. The fourth-order valence-corrected chi connectivity index (χ4v) is 11.9. The van der Waals surface area contributed by atoms with E-state index < -0.39 is 90.5 Å². The number of ether oxygens (including phenoxy) is 1. The van der Waals surface area contributed by atoms with E-state index >= 15 is 0 Å². The molecule has 3 heterocycles. The summed E-state index contributed by atoms with van der Waals surface area (Å²) in [5.41, 5.74) is 6.90.